The maximum atomic E-state index is 10.7. The van der Waals surface area contributed by atoms with E-state index in [1.807, 2.05) is 13.1 Å². The summed E-state index contributed by atoms with van der Waals surface area (Å²) in [6, 6.07) is 1.71. The molecule has 0 radical (unpaired) electrons. The van der Waals surface area contributed by atoms with Gasteiger partial charge in [-0.3, -0.25) is 4.79 Å². The summed E-state index contributed by atoms with van der Waals surface area (Å²) in [5, 5.41) is 1.18. The molecule has 0 atom stereocenters. The Labute approximate surface area is 79.7 Å². The Morgan fingerprint density at radius 1 is 1.62 bits per heavy atom. The molecule has 0 aliphatic heterocycles. The van der Waals surface area contributed by atoms with Crippen LogP contribution in [0, 0.1) is 6.92 Å². The maximum Gasteiger partial charge on any atom is 0.169 e. The normalized spacial score (nSPS) is 10.6. The van der Waals surface area contributed by atoms with Gasteiger partial charge in [-0.15, -0.1) is 0 Å². The molecular formula is C9H7ClN2O. The molecule has 13 heavy (non-hydrogen) atoms. The molecule has 0 fully saturated rings. The number of halogens is 1. The molecule has 2 aromatic rings. The molecule has 0 aromatic carbocycles. The highest BCUT2D eigenvalue weighted by Gasteiger charge is 2.07. The van der Waals surface area contributed by atoms with Crippen LogP contribution in [0.5, 0.6) is 0 Å². The molecule has 0 spiro atoms. The van der Waals surface area contributed by atoms with Crippen molar-refractivity contribution in [3.63, 3.8) is 0 Å². The average Bonchev–Trinajstić information content (AvgIpc) is 2.46. The number of aromatic amines is 1. The molecule has 0 aliphatic rings. The highest BCUT2D eigenvalue weighted by molar-refractivity contribution is 6.30. The summed E-state index contributed by atoms with van der Waals surface area (Å²) in [6.07, 6.45) is 2.55. The van der Waals surface area contributed by atoms with Crippen LogP contribution in [0.2, 0.25) is 5.15 Å². The number of pyridine rings is 1. The topological polar surface area (TPSA) is 45.8 Å². The lowest BCUT2D eigenvalue weighted by molar-refractivity contribution is 0.112. The Balaban J connectivity index is 2.92. The number of carbonyl (C=O) groups is 1. The van der Waals surface area contributed by atoms with E-state index in [1.54, 1.807) is 6.07 Å². The summed E-state index contributed by atoms with van der Waals surface area (Å²) in [7, 11) is 0. The van der Waals surface area contributed by atoms with Gasteiger partial charge in [0.1, 0.15) is 10.8 Å². The number of aromatic nitrogens is 2. The van der Waals surface area contributed by atoms with Crippen LogP contribution < -0.4 is 0 Å². The first-order chi connectivity index (χ1) is 6.22. The van der Waals surface area contributed by atoms with Crippen LogP contribution in [-0.2, 0) is 0 Å². The summed E-state index contributed by atoms with van der Waals surface area (Å²) >= 11 is 5.72. The Bertz CT molecular complexity index is 476. The van der Waals surface area contributed by atoms with E-state index >= 15 is 0 Å². The average molecular weight is 195 g/mol. The van der Waals surface area contributed by atoms with Crippen LogP contribution in [0.1, 0.15) is 16.1 Å². The van der Waals surface area contributed by atoms with E-state index in [9.17, 15) is 4.79 Å². The molecule has 1 N–H and O–H groups in total. The van der Waals surface area contributed by atoms with Crippen molar-refractivity contribution < 1.29 is 4.79 Å². The van der Waals surface area contributed by atoms with Crippen molar-refractivity contribution in [1.29, 1.82) is 0 Å². The largest absolute Gasteiger partial charge is 0.361 e. The molecular weight excluding hydrogens is 188 g/mol. The zero-order chi connectivity index (χ0) is 9.42. The molecule has 0 saturated carbocycles. The molecule has 3 nitrogen and oxygen atoms in total. The number of hydrogen-bond donors (Lipinski definition) is 1. The minimum absolute atomic E-state index is 0.330. The van der Waals surface area contributed by atoms with Gasteiger partial charge in [-0.2, -0.15) is 0 Å². The summed E-state index contributed by atoms with van der Waals surface area (Å²) in [4.78, 5) is 17.6. The lowest BCUT2D eigenvalue weighted by Gasteiger charge is -1.96. The summed E-state index contributed by atoms with van der Waals surface area (Å²) < 4.78 is 0. The van der Waals surface area contributed by atoms with Crippen molar-refractivity contribution in [2.45, 2.75) is 6.92 Å². The quantitative estimate of drug-likeness (QED) is 0.560. The molecule has 0 saturated heterocycles. The maximum absolute atomic E-state index is 10.7. The Kier molecular flexibility index (Phi) is 1.81. The van der Waals surface area contributed by atoms with Gasteiger partial charge < -0.3 is 4.98 Å². The van der Waals surface area contributed by atoms with E-state index in [0.717, 1.165) is 22.8 Å². The first-order valence-electron chi connectivity index (χ1n) is 3.82. The minimum atomic E-state index is 0.330. The number of hydrogen-bond acceptors (Lipinski definition) is 2. The Hall–Kier alpha value is -1.35. The number of nitrogens with zero attached hydrogens (tertiary/aromatic N) is 1. The standard InChI is InChI=1S/C9H7ClN2O/c1-5-3-11-6-2-8(10)12-7(4-13)9(5)6/h2-4,11H,1H3. The van der Waals surface area contributed by atoms with Crippen LogP contribution >= 0.6 is 11.6 Å². The third-order valence-corrected chi connectivity index (χ3v) is 2.16. The van der Waals surface area contributed by atoms with Crippen LogP contribution in [0.3, 0.4) is 0 Å². The van der Waals surface area contributed by atoms with Crippen LogP contribution in [0.25, 0.3) is 10.9 Å². The second-order valence-electron chi connectivity index (χ2n) is 2.84. The van der Waals surface area contributed by atoms with Crippen molar-refractivity contribution in [2.75, 3.05) is 0 Å². The van der Waals surface area contributed by atoms with Crippen LogP contribution in [-0.4, -0.2) is 16.3 Å². The molecule has 66 valence electrons. The number of aryl methyl sites for hydroxylation is 1. The highest BCUT2D eigenvalue weighted by atomic mass is 35.5. The van der Waals surface area contributed by atoms with Gasteiger partial charge in [0, 0.05) is 11.6 Å². The Morgan fingerprint density at radius 3 is 3.08 bits per heavy atom. The van der Waals surface area contributed by atoms with E-state index in [1.165, 1.54) is 0 Å². The molecule has 0 amide bonds. The van der Waals surface area contributed by atoms with Crippen LogP contribution in [0.4, 0.5) is 0 Å². The molecule has 0 unspecified atom stereocenters. The third kappa shape index (κ3) is 1.21. The number of H-pyrrole nitrogens is 1. The fourth-order valence-electron chi connectivity index (χ4n) is 1.40. The lowest BCUT2D eigenvalue weighted by atomic mass is 10.2. The zero-order valence-corrected chi connectivity index (χ0v) is 7.72. The summed E-state index contributed by atoms with van der Waals surface area (Å²) in [5.41, 5.74) is 2.24. The van der Waals surface area contributed by atoms with Crippen molar-refractivity contribution >= 4 is 28.8 Å². The van der Waals surface area contributed by atoms with Crippen molar-refractivity contribution in [2.24, 2.45) is 0 Å². The first-order valence-corrected chi connectivity index (χ1v) is 4.19. The van der Waals surface area contributed by atoms with Gasteiger partial charge >= 0.3 is 0 Å². The monoisotopic (exact) mass is 194 g/mol. The zero-order valence-electron chi connectivity index (χ0n) is 6.97. The summed E-state index contributed by atoms with van der Waals surface area (Å²) in [6.45, 7) is 1.92. The van der Waals surface area contributed by atoms with Gasteiger partial charge in [0.25, 0.3) is 0 Å². The third-order valence-electron chi connectivity index (χ3n) is 1.97. The lowest BCUT2D eigenvalue weighted by Crippen LogP contribution is -1.89. The fourth-order valence-corrected chi connectivity index (χ4v) is 1.60. The van der Waals surface area contributed by atoms with Gasteiger partial charge in [-0.05, 0) is 18.6 Å². The van der Waals surface area contributed by atoms with E-state index in [4.69, 9.17) is 11.6 Å². The summed E-state index contributed by atoms with van der Waals surface area (Å²) in [5.74, 6) is 0. The van der Waals surface area contributed by atoms with E-state index in [0.29, 0.717) is 10.8 Å². The number of aldehydes is 1. The van der Waals surface area contributed by atoms with Gasteiger partial charge in [-0.25, -0.2) is 4.98 Å². The minimum Gasteiger partial charge on any atom is -0.361 e. The van der Waals surface area contributed by atoms with Gasteiger partial charge in [0.2, 0.25) is 0 Å². The highest BCUT2D eigenvalue weighted by Crippen LogP contribution is 2.22. The van der Waals surface area contributed by atoms with Crippen molar-refractivity contribution in [3.8, 4) is 0 Å². The molecule has 2 heterocycles. The van der Waals surface area contributed by atoms with E-state index in [-0.39, 0.29) is 0 Å². The second kappa shape index (κ2) is 2.85. The SMILES string of the molecule is Cc1c[nH]c2cc(Cl)nc(C=O)c12. The Morgan fingerprint density at radius 2 is 2.38 bits per heavy atom. The fraction of sp³-hybridized carbons (Fsp3) is 0.111. The van der Waals surface area contributed by atoms with Crippen molar-refractivity contribution in [1.82, 2.24) is 9.97 Å². The van der Waals surface area contributed by atoms with Gasteiger partial charge in [-0.1, -0.05) is 11.6 Å². The van der Waals surface area contributed by atoms with E-state index < -0.39 is 0 Å². The second-order valence-corrected chi connectivity index (χ2v) is 3.23. The smallest absolute Gasteiger partial charge is 0.169 e. The molecule has 4 heteroatoms. The van der Waals surface area contributed by atoms with Gasteiger partial charge in [0.15, 0.2) is 6.29 Å². The number of nitrogens with one attached hydrogen (secondary N) is 1. The van der Waals surface area contributed by atoms with Crippen LogP contribution in [0.15, 0.2) is 12.3 Å². The molecule has 0 aliphatic carbocycles. The molecule has 2 rings (SSSR count). The van der Waals surface area contributed by atoms with E-state index in [2.05, 4.69) is 9.97 Å². The predicted molar refractivity (Wildman–Crippen MR) is 51.2 cm³/mol. The number of carbonyl (C=O) groups excluding carboxylic acids is 1. The number of rotatable bonds is 1. The van der Waals surface area contributed by atoms with Crippen molar-refractivity contribution in [3.05, 3.63) is 28.7 Å². The first kappa shape index (κ1) is 8.26. The predicted octanol–water partition coefficient (Wildman–Crippen LogP) is 2.34. The molecule has 2 aromatic heterocycles. The number of fused-ring (bicyclic) bond motifs is 1. The van der Waals surface area contributed by atoms with Gasteiger partial charge in [0.05, 0.1) is 5.52 Å². The molecule has 0 bridgehead atoms.